The number of carbonyl (C=O) groups is 1. The first-order valence-corrected chi connectivity index (χ1v) is 15.6. The molecule has 1 amide bonds. The average molecular weight is 594 g/mol. The summed E-state index contributed by atoms with van der Waals surface area (Å²) in [6.45, 7) is 5.31. The van der Waals surface area contributed by atoms with Crippen molar-refractivity contribution < 1.29 is 24.5 Å². The normalized spacial score (nSPS) is 26.6. The number of rotatable bonds is 11. The Morgan fingerprint density at radius 3 is 2.57 bits per heavy atom. The molecule has 1 saturated carbocycles. The molecular formula is C33H43N3O5S. The van der Waals surface area contributed by atoms with Gasteiger partial charge in [-0.25, -0.2) is 4.98 Å². The molecule has 5 unspecified atom stereocenters. The number of benzene rings is 2. The van der Waals surface area contributed by atoms with Crippen molar-refractivity contribution in [2.75, 3.05) is 32.7 Å². The molecule has 1 aromatic heterocycles. The van der Waals surface area contributed by atoms with Crippen LogP contribution in [-0.2, 0) is 24.2 Å². The van der Waals surface area contributed by atoms with Crippen LogP contribution < -0.4 is 20.1 Å². The van der Waals surface area contributed by atoms with Crippen molar-refractivity contribution in [2.24, 2.45) is 16.7 Å². The maximum absolute atomic E-state index is 13.5. The Balaban J connectivity index is 1.35. The van der Waals surface area contributed by atoms with Crippen LogP contribution in [0.25, 0.3) is 0 Å². The largest absolute Gasteiger partial charge is 0.493 e. The number of hydrogen-bond donors (Lipinski definition) is 4. The fourth-order valence-corrected chi connectivity index (χ4v) is 8.20. The zero-order chi connectivity index (χ0) is 29.9. The van der Waals surface area contributed by atoms with E-state index in [-0.39, 0.29) is 29.8 Å². The van der Waals surface area contributed by atoms with Gasteiger partial charge in [-0.1, -0.05) is 50.2 Å². The molecule has 42 heavy (non-hydrogen) atoms. The van der Waals surface area contributed by atoms with Gasteiger partial charge in [0.15, 0.2) is 16.6 Å². The molecule has 0 aliphatic heterocycles. The number of nitrogens with zero attached hydrogens (tertiary/aromatic N) is 1. The summed E-state index contributed by atoms with van der Waals surface area (Å²) >= 11 is 1.63. The molecule has 8 nitrogen and oxygen atoms in total. The summed E-state index contributed by atoms with van der Waals surface area (Å²) in [6, 6.07) is 16.0. The number of ether oxygens (including phenoxy) is 2. The predicted molar refractivity (Wildman–Crippen MR) is 165 cm³/mol. The van der Waals surface area contributed by atoms with Crippen LogP contribution in [0.3, 0.4) is 0 Å². The molecule has 2 aromatic carbocycles. The number of thiazole rings is 1. The number of methoxy groups -OCH3 is 2. The highest BCUT2D eigenvalue weighted by molar-refractivity contribution is 7.15. The lowest BCUT2D eigenvalue weighted by Gasteiger charge is -2.58. The topological polar surface area (TPSA) is 113 Å². The average Bonchev–Trinajstić information content (AvgIpc) is 3.42. The van der Waals surface area contributed by atoms with Gasteiger partial charge in [-0.05, 0) is 60.3 Å². The van der Waals surface area contributed by atoms with E-state index in [0.29, 0.717) is 43.9 Å². The zero-order valence-corrected chi connectivity index (χ0v) is 25.8. The molecule has 3 aromatic rings. The summed E-state index contributed by atoms with van der Waals surface area (Å²) in [7, 11) is 3.23. The molecule has 226 valence electrons. The van der Waals surface area contributed by atoms with Crippen LogP contribution in [0.1, 0.15) is 60.7 Å². The number of carbonyl (C=O) groups excluding carboxylic acids is 1. The number of aromatic nitrogens is 1. The van der Waals surface area contributed by atoms with Crippen LogP contribution >= 0.6 is 11.3 Å². The second kappa shape index (κ2) is 12.6. The second-order valence-corrected chi connectivity index (χ2v) is 13.3. The zero-order valence-electron chi connectivity index (χ0n) is 25.0. The van der Waals surface area contributed by atoms with Gasteiger partial charge in [0.2, 0.25) is 5.91 Å². The van der Waals surface area contributed by atoms with Crippen LogP contribution in [0.15, 0.2) is 48.5 Å². The highest BCUT2D eigenvalue weighted by Gasteiger charge is 2.59. The number of nitrogens with one attached hydrogen (secondary N) is 2. The molecule has 5 atom stereocenters. The van der Waals surface area contributed by atoms with Crippen LogP contribution in [0, 0.1) is 16.7 Å². The minimum Gasteiger partial charge on any atom is -0.493 e. The summed E-state index contributed by atoms with van der Waals surface area (Å²) in [5.74, 6) is 1.24. The Labute approximate surface area is 252 Å². The van der Waals surface area contributed by atoms with Gasteiger partial charge in [-0.3, -0.25) is 4.79 Å². The highest BCUT2D eigenvalue weighted by atomic mass is 32.1. The minimum absolute atomic E-state index is 0.0167. The summed E-state index contributed by atoms with van der Waals surface area (Å²) in [6.07, 6.45) is 2.51. The number of fused-ring (bicyclic) bond motifs is 2. The van der Waals surface area contributed by atoms with E-state index in [9.17, 15) is 15.0 Å². The number of anilines is 1. The molecular weight excluding hydrogens is 550 g/mol. The van der Waals surface area contributed by atoms with E-state index in [0.717, 1.165) is 34.1 Å². The molecule has 0 saturated heterocycles. The Morgan fingerprint density at radius 2 is 1.86 bits per heavy atom. The van der Waals surface area contributed by atoms with Crippen LogP contribution in [0.5, 0.6) is 11.5 Å². The molecule has 0 radical (unpaired) electrons. The van der Waals surface area contributed by atoms with E-state index in [1.165, 1.54) is 5.56 Å². The first-order valence-electron chi connectivity index (χ1n) is 14.8. The number of aliphatic hydroxyl groups is 2. The van der Waals surface area contributed by atoms with Crippen molar-refractivity contribution in [2.45, 2.75) is 64.5 Å². The molecule has 4 N–H and O–H groups in total. The Kier molecular flexibility index (Phi) is 9.11. The van der Waals surface area contributed by atoms with Crippen molar-refractivity contribution in [1.29, 1.82) is 0 Å². The third-order valence-corrected chi connectivity index (χ3v) is 10.8. The van der Waals surface area contributed by atoms with E-state index < -0.39 is 11.5 Å². The Morgan fingerprint density at radius 1 is 1.10 bits per heavy atom. The molecule has 0 spiro atoms. The predicted octanol–water partition coefficient (Wildman–Crippen LogP) is 4.94. The van der Waals surface area contributed by atoms with Gasteiger partial charge < -0.3 is 30.3 Å². The fraction of sp³-hybridized carbons (Fsp3) is 0.515. The van der Waals surface area contributed by atoms with Crippen molar-refractivity contribution in [3.8, 4) is 11.5 Å². The van der Waals surface area contributed by atoms with Gasteiger partial charge in [-0.2, -0.15) is 0 Å². The van der Waals surface area contributed by atoms with E-state index in [1.807, 2.05) is 43.3 Å². The van der Waals surface area contributed by atoms with Crippen LogP contribution in [-0.4, -0.2) is 54.6 Å². The lowest BCUT2D eigenvalue weighted by molar-refractivity contribution is -0.144. The van der Waals surface area contributed by atoms with Gasteiger partial charge >= 0.3 is 0 Å². The maximum atomic E-state index is 13.5. The summed E-state index contributed by atoms with van der Waals surface area (Å²) < 4.78 is 10.8. The standard InChI is InChI=1S/C33H43N3O5S/c1-32-14-12-28(38)33(2,20-37)27(32)18-26-30(36-31(42-26)35-19-22-8-6-5-7-9-22)23(32)17-29(39)34-15-13-21-10-11-24(40-3)25(16-21)41-4/h5-11,16,23,27-28,37-38H,12-15,17-20H2,1-4H3,(H,34,39)(H,35,36). The van der Waals surface area contributed by atoms with Crippen molar-refractivity contribution in [1.82, 2.24) is 10.3 Å². The number of aliphatic hydroxyl groups excluding tert-OH is 2. The van der Waals surface area contributed by atoms with E-state index in [4.69, 9.17) is 14.5 Å². The molecule has 1 heterocycles. The van der Waals surface area contributed by atoms with E-state index in [1.54, 1.807) is 25.6 Å². The first-order chi connectivity index (χ1) is 20.2. The summed E-state index contributed by atoms with van der Waals surface area (Å²) in [4.78, 5) is 19.7. The molecule has 5 rings (SSSR count). The van der Waals surface area contributed by atoms with Gasteiger partial charge in [0.1, 0.15) is 0 Å². The lowest BCUT2D eigenvalue weighted by Crippen LogP contribution is -2.57. The maximum Gasteiger partial charge on any atom is 0.220 e. The second-order valence-electron chi connectivity index (χ2n) is 12.2. The highest BCUT2D eigenvalue weighted by Crippen LogP contribution is 2.62. The van der Waals surface area contributed by atoms with Crippen molar-refractivity contribution in [3.05, 3.63) is 70.2 Å². The smallest absolute Gasteiger partial charge is 0.220 e. The lowest BCUT2D eigenvalue weighted by atomic mass is 9.47. The third kappa shape index (κ3) is 5.87. The monoisotopic (exact) mass is 593 g/mol. The molecule has 9 heteroatoms. The fourth-order valence-electron chi connectivity index (χ4n) is 7.13. The number of amides is 1. The van der Waals surface area contributed by atoms with Gasteiger partial charge in [-0.15, -0.1) is 11.3 Å². The van der Waals surface area contributed by atoms with Gasteiger partial charge in [0.05, 0.1) is 32.6 Å². The van der Waals surface area contributed by atoms with Crippen LogP contribution in [0.4, 0.5) is 5.13 Å². The molecule has 2 aliphatic carbocycles. The number of hydrogen-bond acceptors (Lipinski definition) is 8. The minimum atomic E-state index is -0.644. The Hall–Kier alpha value is -3.14. The Bertz CT molecular complexity index is 1380. The van der Waals surface area contributed by atoms with Crippen LogP contribution in [0.2, 0.25) is 0 Å². The molecule has 2 aliphatic rings. The third-order valence-electron chi connectivity index (χ3n) is 9.75. The first kappa shape index (κ1) is 30.3. The quantitative estimate of drug-likeness (QED) is 0.249. The van der Waals surface area contributed by atoms with Gasteiger partial charge in [0, 0.05) is 35.7 Å². The van der Waals surface area contributed by atoms with Crippen molar-refractivity contribution in [3.63, 3.8) is 0 Å². The van der Waals surface area contributed by atoms with E-state index in [2.05, 4.69) is 29.7 Å². The summed E-state index contributed by atoms with van der Waals surface area (Å²) in [5.41, 5.74) is 2.28. The van der Waals surface area contributed by atoms with Gasteiger partial charge in [0.25, 0.3) is 0 Å². The SMILES string of the molecule is COc1ccc(CCNC(=O)CC2c3nc(NCc4ccccc4)sc3CC3C(C)(CO)C(O)CCC23C)cc1OC. The van der Waals surface area contributed by atoms with E-state index >= 15 is 0 Å². The molecule has 0 bridgehead atoms. The summed E-state index contributed by atoms with van der Waals surface area (Å²) in [5, 5.41) is 29.0. The molecule has 1 fully saturated rings. The van der Waals surface area contributed by atoms with Crippen molar-refractivity contribution >= 4 is 22.4 Å².